The topological polar surface area (TPSA) is 33.5 Å². The first-order chi connectivity index (χ1) is 10.6. The summed E-state index contributed by atoms with van der Waals surface area (Å²) in [7, 11) is 0. The predicted molar refractivity (Wildman–Crippen MR) is 91.6 cm³/mol. The summed E-state index contributed by atoms with van der Waals surface area (Å²) in [6.07, 6.45) is 1.80. The number of thiophene rings is 1. The third-order valence-corrected chi connectivity index (χ3v) is 4.63. The molecule has 0 saturated carbocycles. The molecule has 3 nitrogen and oxygen atoms in total. The molecule has 2 N–H and O–H groups in total. The molecule has 1 unspecified atom stereocenters. The molecule has 0 radical (unpaired) electrons. The molecular formula is C16H17BrFN2OS+. The van der Waals surface area contributed by atoms with E-state index < -0.39 is 0 Å². The van der Waals surface area contributed by atoms with Crippen molar-refractivity contribution in [1.82, 2.24) is 0 Å². The fraction of sp³-hybridized carbons (Fsp3) is 0.188. The summed E-state index contributed by atoms with van der Waals surface area (Å²) in [4.78, 5) is 14.4. The Kier molecular flexibility index (Phi) is 6.30. The summed E-state index contributed by atoms with van der Waals surface area (Å²) in [5, 5.41) is 2.72. The average molecular weight is 384 g/mol. The molecule has 1 amide bonds. The lowest BCUT2D eigenvalue weighted by Gasteiger charge is -2.16. The standard InChI is InChI=1S/C16H16BrFN2OS/c1-2-8-20(10-14-6-7-15(17)22-14)11-16(21)19-13-5-3-4-12(18)9-13/h2-7,9H,1,8,10-11H2,(H,19,21)/p+1. The molecule has 0 aliphatic carbocycles. The molecule has 1 atom stereocenters. The van der Waals surface area contributed by atoms with Crippen molar-refractivity contribution >= 4 is 38.9 Å². The monoisotopic (exact) mass is 383 g/mol. The number of anilines is 1. The fourth-order valence-corrected chi connectivity index (χ4v) is 3.66. The molecule has 116 valence electrons. The van der Waals surface area contributed by atoms with Gasteiger partial charge < -0.3 is 10.2 Å². The number of quaternary nitrogens is 1. The van der Waals surface area contributed by atoms with Crippen LogP contribution in [0.4, 0.5) is 10.1 Å². The molecule has 0 bridgehead atoms. The second-order valence-electron chi connectivity index (χ2n) is 4.86. The minimum Gasteiger partial charge on any atom is -0.321 e. The lowest BCUT2D eigenvalue weighted by molar-refractivity contribution is -0.899. The Labute approximate surface area is 141 Å². The largest absolute Gasteiger partial charge is 0.321 e. The lowest BCUT2D eigenvalue weighted by Crippen LogP contribution is -3.11. The van der Waals surface area contributed by atoms with Crippen molar-refractivity contribution in [2.45, 2.75) is 6.54 Å². The maximum Gasteiger partial charge on any atom is 0.279 e. The number of carbonyl (C=O) groups excluding carboxylic acids is 1. The fourth-order valence-electron chi connectivity index (χ4n) is 2.10. The highest BCUT2D eigenvalue weighted by Crippen LogP contribution is 2.21. The molecule has 2 aromatic rings. The van der Waals surface area contributed by atoms with E-state index in [0.717, 1.165) is 15.2 Å². The van der Waals surface area contributed by atoms with Crippen molar-refractivity contribution in [3.63, 3.8) is 0 Å². The van der Waals surface area contributed by atoms with Crippen LogP contribution in [0.1, 0.15) is 4.88 Å². The van der Waals surface area contributed by atoms with Crippen LogP contribution < -0.4 is 10.2 Å². The van der Waals surface area contributed by atoms with Gasteiger partial charge in [0.1, 0.15) is 12.4 Å². The van der Waals surface area contributed by atoms with E-state index in [1.165, 1.54) is 17.0 Å². The Morgan fingerprint density at radius 3 is 2.86 bits per heavy atom. The molecule has 0 spiro atoms. The Balaban J connectivity index is 1.94. The van der Waals surface area contributed by atoms with Crippen LogP contribution in [0.2, 0.25) is 0 Å². The van der Waals surface area contributed by atoms with E-state index in [1.807, 2.05) is 12.1 Å². The molecule has 0 aliphatic rings. The molecule has 0 aliphatic heterocycles. The normalized spacial score (nSPS) is 11.9. The Morgan fingerprint density at radius 2 is 2.23 bits per heavy atom. The molecule has 0 fully saturated rings. The van der Waals surface area contributed by atoms with Crippen molar-refractivity contribution in [1.29, 1.82) is 0 Å². The van der Waals surface area contributed by atoms with Gasteiger partial charge in [-0.25, -0.2) is 4.39 Å². The SMILES string of the molecule is C=CC[NH+](CC(=O)Nc1cccc(F)c1)Cc1ccc(Br)s1. The Hall–Kier alpha value is -1.50. The van der Waals surface area contributed by atoms with E-state index in [0.29, 0.717) is 18.8 Å². The van der Waals surface area contributed by atoms with Gasteiger partial charge >= 0.3 is 0 Å². The molecule has 1 aromatic heterocycles. The third kappa shape index (κ3) is 5.36. The first kappa shape index (κ1) is 16.9. The van der Waals surface area contributed by atoms with E-state index in [1.54, 1.807) is 29.5 Å². The number of rotatable bonds is 7. The number of benzene rings is 1. The highest BCUT2D eigenvalue weighted by molar-refractivity contribution is 9.11. The van der Waals surface area contributed by atoms with Gasteiger partial charge in [0.15, 0.2) is 6.54 Å². The first-order valence-electron chi connectivity index (χ1n) is 6.81. The maximum atomic E-state index is 13.1. The summed E-state index contributed by atoms with van der Waals surface area (Å²) in [6.45, 7) is 5.48. The van der Waals surface area contributed by atoms with Gasteiger partial charge in [0, 0.05) is 5.69 Å². The second-order valence-corrected chi connectivity index (χ2v) is 7.41. The van der Waals surface area contributed by atoms with Crippen LogP contribution >= 0.6 is 27.3 Å². The van der Waals surface area contributed by atoms with Crippen LogP contribution in [-0.2, 0) is 11.3 Å². The molecule has 1 aromatic carbocycles. The second kappa shape index (κ2) is 8.22. The number of hydrogen-bond donors (Lipinski definition) is 2. The summed E-state index contributed by atoms with van der Waals surface area (Å²) < 4.78 is 14.2. The molecule has 1 heterocycles. The van der Waals surface area contributed by atoms with Gasteiger partial charge in [-0.2, -0.15) is 0 Å². The van der Waals surface area contributed by atoms with E-state index in [9.17, 15) is 9.18 Å². The molecule has 0 saturated heterocycles. The van der Waals surface area contributed by atoms with Crippen molar-refractivity contribution in [3.8, 4) is 0 Å². The van der Waals surface area contributed by atoms with Gasteiger partial charge in [-0.1, -0.05) is 12.6 Å². The minimum absolute atomic E-state index is 0.141. The van der Waals surface area contributed by atoms with Crippen LogP contribution in [0.15, 0.2) is 52.8 Å². The van der Waals surface area contributed by atoms with Gasteiger partial charge in [0.2, 0.25) is 0 Å². The Bertz CT molecular complexity index is 659. The highest BCUT2D eigenvalue weighted by atomic mass is 79.9. The van der Waals surface area contributed by atoms with Crippen LogP contribution in [-0.4, -0.2) is 19.0 Å². The summed E-state index contributed by atoms with van der Waals surface area (Å²) >= 11 is 5.09. The third-order valence-electron chi connectivity index (χ3n) is 3.01. The van der Waals surface area contributed by atoms with E-state index in [4.69, 9.17) is 0 Å². The Morgan fingerprint density at radius 1 is 1.41 bits per heavy atom. The highest BCUT2D eigenvalue weighted by Gasteiger charge is 2.15. The maximum absolute atomic E-state index is 13.1. The summed E-state index contributed by atoms with van der Waals surface area (Å²) in [5.41, 5.74) is 0.474. The van der Waals surface area contributed by atoms with Crippen molar-refractivity contribution in [2.24, 2.45) is 0 Å². The number of amides is 1. The number of halogens is 2. The minimum atomic E-state index is -0.364. The first-order valence-corrected chi connectivity index (χ1v) is 8.42. The lowest BCUT2D eigenvalue weighted by atomic mass is 10.3. The van der Waals surface area contributed by atoms with Gasteiger partial charge in [-0.3, -0.25) is 4.79 Å². The van der Waals surface area contributed by atoms with Crippen LogP contribution in [0, 0.1) is 5.82 Å². The van der Waals surface area contributed by atoms with Crippen LogP contribution in [0.25, 0.3) is 0 Å². The van der Waals surface area contributed by atoms with E-state index >= 15 is 0 Å². The van der Waals surface area contributed by atoms with Gasteiger partial charge in [0.05, 0.1) is 15.2 Å². The number of hydrogen-bond acceptors (Lipinski definition) is 2. The zero-order chi connectivity index (χ0) is 15.9. The molecule has 6 heteroatoms. The van der Waals surface area contributed by atoms with Crippen molar-refractivity contribution < 1.29 is 14.1 Å². The van der Waals surface area contributed by atoms with Gasteiger partial charge in [0.25, 0.3) is 5.91 Å². The van der Waals surface area contributed by atoms with Gasteiger partial charge in [-0.15, -0.1) is 11.3 Å². The predicted octanol–water partition coefficient (Wildman–Crippen LogP) is 2.86. The quantitative estimate of drug-likeness (QED) is 0.708. The molecular weight excluding hydrogens is 367 g/mol. The van der Waals surface area contributed by atoms with E-state index in [2.05, 4.69) is 27.8 Å². The molecule has 2 rings (SSSR count). The summed E-state index contributed by atoms with van der Waals surface area (Å²) in [5.74, 6) is -0.505. The zero-order valence-electron chi connectivity index (χ0n) is 11.9. The summed E-state index contributed by atoms with van der Waals surface area (Å²) in [6, 6.07) is 9.94. The molecule has 22 heavy (non-hydrogen) atoms. The van der Waals surface area contributed by atoms with Crippen molar-refractivity contribution in [2.75, 3.05) is 18.4 Å². The number of carbonyl (C=O) groups is 1. The smallest absolute Gasteiger partial charge is 0.279 e. The average Bonchev–Trinajstić information content (AvgIpc) is 2.84. The number of nitrogens with one attached hydrogen (secondary N) is 2. The van der Waals surface area contributed by atoms with Gasteiger partial charge in [-0.05, 0) is 52.3 Å². The zero-order valence-corrected chi connectivity index (χ0v) is 14.3. The van der Waals surface area contributed by atoms with Crippen LogP contribution in [0.5, 0.6) is 0 Å². The van der Waals surface area contributed by atoms with Crippen LogP contribution in [0.3, 0.4) is 0 Å². The van der Waals surface area contributed by atoms with E-state index in [-0.39, 0.29) is 11.7 Å². The van der Waals surface area contributed by atoms with Crippen molar-refractivity contribution in [3.05, 3.63) is 63.5 Å².